The quantitative estimate of drug-likeness (QED) is 0.505. The molecule has 1 aromatic rings. The van der Waals surface area contributed by atoms with E-state index in [-0.39, 0.29) is 23.9 Å². The fourth-order valence-electron chi connectivity index (χ4n) is 1.51. The van der Waals surface area contributed by atoms with Crippen molar-refractivity contribution in [1.82, 2.24) is 0 Å². The van der Waals surface area contributed by atoms with Crippen LogP contribution in [0.25, 0.3) is 0 Å². The molecule has 7 heteroatoms. The van der Waals surface area contributed by atoms with Gasteiger partial charge in [0.05, 0.1) is 23.3 Å². The monoisotopic (exact) mass is 270 g/mol. The van der Waals surface area contributed by atoms with E-state index in [1.54, 1.807) is 20.8 Å². The second kappa shape index (κ2) is 6.12. The Morgan fingerprint density at radius 1 is 1.53 bits per heavy atom. The minimum atomic E-state index is -0.846. The minimum Gasteiger partial charge on any atom is -0.462 e. The molecule has 6 nitrogen and oxygen atoms in total. The molecule has 0 bridgehead atoms. The third-order valence-corrected chi connectivity index (χ3v) is 2.22. The molecule has 0 aliphatic heterocycles. The van der Waals surface area contributed by atoms with Crippen molar-refractivity contribution >= 4 is 17.3 Å². The number of nitrogens with zero attached hydrogens (tertiary/aromatic N) is 1. The average Bonchev–Trinajstić information content (AvgIpc) is 2.30. The molecule has 0 radical (unpaired) electrons. The van der Waals surface area contributed by atoms with Gasteiger partial charge in [-0.15, -0.1) is 0 Å². The molecular formula is C12H15FN2O4. The molecule has 19 heavy (non-hydrogen) atoms. The first-order chi connectivity index (χ1) is 8.86. The lowest BCUT2D eigenvalue weighted by Crippen LogP contribution is -2.14. The number of nitro benzene ring substituents is 1. The highest BCUT2D eigenvalue weighted by Gasteiger charge is 2.24. The summed E-state index contributed by atoms with van der Waals surface area (Å²) in [6, 6.07) is 1.74. The zero-order valence-electron chi connectivity index (χ0n) is 10.9. The fraction of sp³-hybridized carbons (Fsp3) is 0.417. The van der Waals surface area contributed by atoms with E-state index >= 15 is 0 Å². The highest BCUT2D eigenvalue weighted by atomic mass is 19.1. The normalized spacial score (nSPS) is 10.4. The van der Waals surface area contributed by atoms with E-state index < -0.39 is 22.4 Å². The van der Waals surface area contributed by atoms with Crippen LogP contribution in [0, 0.1) is 15.9 Å². The van der Waals surface area contributed by atoms with Gasteiger partial charge in [0, 0.05) is 6.04 Å². The van der Waals surface area contributed by atoms with Crippen molar-refractivity contribution in [3.63, 3.8) is 0 Å². The Hall–Kier alpha value is -2.18. The van der Waals surface area contributed by atoms with Crippen LogP contribution >= 0.6 is 0 Å². The predicted molar refractivity (Wildman–Crippen MR) is 67.8 cm³/mol. The Morgan fingerprint density at radius 3 is 2.63 bits per heavy atom. The van der Waals surface area contributed by atoms with Crippen LogP contribution in [0.1, 0.15) is 31.1 Å². The van der Waals surface area contributed by atoms with Crippen LogP contribution in [0.2, 0.25) is 0 Å². The third kappa shape index (κ3) is 3.64. The molecule has 0 fully saturated rings. The third-order valence-electron chi connectivity index (χ3n) is 2.22. The molecule has 0 aliphatic carbocycles. The Bertz CT molecular complexity index is 503. The van der Waals surface area contributed by atoms with E-state index in [2.05, 4.69) is 5.32 Å². The van der Waals surface area contributed by atoms with Gasteiger partial charge in [0.2, 0.25) is 0 Å². The number of hydrogen-bond donors (Lipinski definition) is 1. The molecule has 0 saturated heterocycles. The molecule has 1 N–H and O–H groups in total. The van der Waals surface area contributed by atoms with Crippen LogP contribution < -0.4 is 5.32 Å². The number of nitro groups is 1. The molecule has 0 heterocycles. The van der Waals surface area contributed by atoms with Crippen molar-refractivity contribution < 1.29 is 18.8 Å². The predicted octanol–water partition coefficient (Wildman–Crippen LogP) is 2.73. The summed E-state index contributed by atoms with van der Waals surface area (Å²) in [6.45, 7) is 5.23. The zero-order chi connectivity index (χ0) is 14.6. The summed E-state index contributed by atoms with van der Waals surface area (Å²) in [6.07, 6.45) is 0. The maximum atomic E-state index is 13.7. The molecule has 0 aromatic heterocycles. The number of carbonyl (C=O) groups excluding carboxylic acids is 1. The number of esters is 1. The van der Waals surface area contributed by atoms with Crippen molar-refractivity contribution in [2.75, 3.05) is 11.9 Å². The summed E-state index contributed by atoms with van der Waals surface area (Å²) < 4.78 is 18.4. The van der Waals surface area contributed by atoms with Crippen LogP contribution in [-0.4, -0.2) is 23.5 Å². The van der Waals surface area contributed by atoms with E-state index in [1.807, 2.05) is 0 Å². The summed E-state index contributed by atoms with van der Waals surface area (Å²) in [5.74, 6) is -1.63. The number of anilines is 1. The average molecular weight is 270 g/mol. The van der Waals surface area contributed by atoms with Crippen molar-refractivity contribution in [3.8, 4) is 0 Å². The molecule has 0 amide bonds. The Labute approximate surface area is 109 Å². The standard InChI is InChI=1S/C12H15FN2O4/c1-4-19-12(16)8-5-10(14-7(2)3)9(13)6-11(8)15(17)18/h5-7,14H,4H2,1-3H3. The topological polar surface area (TPSA) is 81.5 Å². The number of hydrogen-bond acceptors (Lipinski definition) is 5. The van der Waals surface area contributed by atoms with Crippen LogP contribution in [0.4, 0.5) is 15.8 Å². The smallest absolute Gasteiger partial charge is 0.345 e. The molecule has 1 rings (SSSR count). The second-order valence-electron chi connectivity index (χ2n) is 4.13. The van der Waals surface area contributed by atoms with Gasteiger partial charge < -0.3 is 10.1 Å². The number of ether oxygens (including phenoxy) is 1. The lowest BCUT2D eigenvalue weighted by molar-refractivity contribution is -0.385. The molecule has 0 aliphatic rings. The highest BCUT2D eigenvalue weighted by molar-refractivity contribution is 5.95. The van der Waals surface area contributed by atoms with E-state index in [9.17, 15) is 19.3 Å². The van der Waals surface area contributed by atoms with Gasteiger partial charge in [0.1, 0.15) is 5.56 Å². The van der Waals surface area contributed by atoms with E-state index in [1.165, 1.54) is 0 Å². The van der Waals surface area contributed by atoms with Crippen molar-refractivity contribution in [2.24, 2.45) is 0 Å². The molecular weight excluding hydrogens is 255 g/mol. The molecule has 0 unspecified atom stereocenters. The van der Waals surface area contributed by atoms with Crippen LogP contribution in [0.5, 0.6) is 0 Å². The lowest BCUT2D eigenvalue weighted by atomic mass is 10.1. The zero-order valence-corrected chi connectivity index (χ0v) is 10.9. The Balaban J connectivity index is 3.30. The lowest BCUT2D eigenvalue weighted by Gasteiger charge is -2.12. The van der Waals surface area contributed by atoms with Gasteiger partial charge in [-0.2, -0.15) is 0 Å². The minimum absolute atomic E-state index is 0.0312. The van der Waals surface area contributed by atoms with Crippen LogP contribution in [-0.2, 0) is 4.74 Å². The van der Waals surface area contributed by atoms with Gasteiger partial charge in [0.25, 0.3) is 5.69 Å². The summed E-state index contributed by atoms with van der Waals surface area (Å²) >= 11 is 0. The second-order valence-corrected chi connectivity index (χ2v) is 4.13. The number of halogens is 1. The van der Waals surface area contributed by atoms with Crippen LogP contribution in [0.3, 0.4) is 0 Å². The summed E-state index contributed by atoms with van der Waals surface area (Å²) in [7, 11) is 0. The van der Waals surface area contributed by atoms with Gasteiger partial charge in [0.15, 0.2) is 5.82 Å². The first-order valence-corrected chi connectivity index (χ1v) is 5.78. The number of nitrogens with one attached hydrogen (secondary N) is 1. The first-order valence-electron chi connectivity index (χ1n) is 5.78. The number of carbonyl (C=O) groups is 1. The van der Waals surface area contributed by atoms with Crippen molar-refractivity contribution in [2.45, 2.75) is 26.8 Å². The van der Waals surface area contributed by atoms with E-state index in [4.69, 9.17) is 4.74 Å². The van der Waals surface area contributed by atoms with Gasteiger partial charge >= 0.3 is 5.97 Å². The highest BCUT2D eigenvalue weighted by Crippen LogP contribution is 2.27. The first kappa shape index (κ1) is 14.9. The summed E-state index contributed by atoms with van der Waals surface area (Å²) in [4.78, 5) is 21.7. The SMILES string of the molecule is CCOC(=O)c1cc(NC(C)C)c(F)cc1[N+](=O)[O-]. The number of benzene rings is 1. The van der Waals surface area contributed by atoms with Gasteiger partial charge in [-0.25, -0.2) is 9.18 Å². The van der Waals surface area contributed by atoms with Crippen LogP contribution in [0.15, 0.2) is 12.1 Å². The van der Waals surface area contributed by atoms with Gasteiger partial charge in [-0.05, 0) is 26.8 Å². The summed E-state index contributed by atoms with van der Waals surface area (Å²) in [5, 5.41) is 13.6. The van der Waals surface area contributed by atoms with Crippen molar-refractivity contribution in [3.05, 3.63) is 33.6 Å². The van der Waals surface area contributed by atoms with E-state index in [0.717, 1.165) is 12.1 Å². The Kier molecular flexibility index (Phi) is 4.80. The van der Waals surface area contributed by atoms with Crippen molar-refractivity contribution in [1.29, 1.82) is 0 Å². The fourth-order valence-corrected chi connectivity index (χ4v) is 1.51. The molecule has 0 saturated carbocycles. The number of rotatable bonds is 5. The molecule has 0 atom stereocenters. The van der Waals surface area contributed by atoms with E-state index in [0.29, 0.717) is 0 Å². The maximum Gasteiger partial charge on any atom is 0.345 e. The van der Waals surface area contributed by atoms with Gasteiger partial charge in [-0.3, -0.25) is 10.1 Å². The van der Waals surface area contributed by atoms with Gasteiger partial charge in [-0.1, -0.05) is 0 Å². The molecule has 1 aromatic carbocycles. The maximum absolute atomic E-state index is 13.7. The summed E-state index contributed by atoms with van der Waals surface area (Å²) in [5.41, 5.74) is -0.842. The Morgan fingerprint density at radius 2 is 2.16 bits per heavy atom. The molecule has 0 spiro atoms. The largest absolute Gasteiger partial charge is 0.462 e. The molecule has 104 valence electrons.